The van der Waals surface area contributed by atoms with E-state index in [2.05, 4.69) is 16.0 Å². The highest BCUT2D eigenvalue weighted by Crippen LogP contribution is 2.44. The van der Waals surface area contributed by atoms with Crippen molar-refractivity contribution in [1.29, 1.82) is 0 Å². The fourth-order valence-electron chi connectivity index (χ4n) is 7.36. The number of carbonyl (C=O) groups is 2. The lowest BCUT2D eigenvalue weighted by Crippen LogP contribution is -2.45. The second-order valence-corrected chi connectivity index (χ2v) is 18.3. The van der Waals surface area contributed by atoms with Gasteiger partial charge in [-0.2, -0.15) is 8.61 Å². The highest BCUT2D eigenvalue weighted by atomic mass is 32.2. The molecule has 3 N–H and O–H groups in total. The molecule has 3 aromatic carbocycles. The molecular weight excluding hydrogens is 687 g/mol. The van der Waals surface area contributed by atoms with E-state index in [0.29, 0.717) is 26.2 Å². The topological polar surface area (TPSA) is 192 Å². The summed E-state index contributed by atoms with van der Waals surface area (Å²) < 4.78 is 58.5. The van der Waals surface area contributed by atoms with Gasteiger partial charge in [-0.3, -0.25) is 0 Å². The van der Waals surface area contributed by atoms with E-state index in [1.165, 1.54) is 45.0 Å². The molecule has 5 rings (SSSR count). The van der Waals surface area contributed by atoms with Crippen molar-refractivity contribution in [3.05, 3.63) is 41.3 Å². The Morgan fingerprint density at radius 2 is 1.20 bits per heavy atom. The van der Waals surface area contributed by atoms with Crippen molar-refractivity contribution in [3.8, 4) is 0 Å². The predicted octanol–water partition coefficient (Wildman–Crippen LogP) is 5.89. The molecule has 1 amide bonds. The first kappa shape index (κ1) is 37.4. The number of carbonyl (C=O) groups excluding carboxylic acids is 1. The van der Waals surface area contributed by atoms with Crippen molar-refractivity contribution in [2.45, 2.75) is 70.2 Å². The Balaban J connectivity index is 1.66. The van der Waals surface area contributed by atoms with Gasteiger partial charge in [-0.25, -0.2) is 31.9 Å². The van der Waals surface area contributed by atoms with Crippen LogP contribution in [0, 0.1) is 34.5 Å². The fourth-order valence-corrected chi connectivity index (χ4v) is 10.8. The summed E-state index contributed by atoms with van der Waals surface area (Å²) in [4.78, 5) is 42.1. The van der Waals surface area contributed by atoms with Gasteiger partial charge in [0, 0.05) is 47.7 Å². The molecule has 0 unspecified atom stereocenters. The predicted molar refractivity (Wildman–Crippen MR) is 190 cm³/mol. The zero-order valence-electron chi connectivity index (χ0n) is 29.0. The monoisotopic (exact) mass is 731 g/mol. The minimum Gasteiger partial charge on any atom is -0.480 e. The van der Waals surface area contributed by atoms with E-state index in [4.69, 9.17) is 4.84 Å². The minimum absolute atomic E-state index is 0.0820. The van der Waals surface area contributed by atoms with Crippen LogP contribution in [0.25, 0.3) is 21.5 Å². The Morgan fingerprint density at radius 1 is 0.780 bits per heavy atom. The van der Waals surface area contributed by atoms with Crippen LogP contribution in [0.1, 0.15) is 54.4 Å². The third-order valence-electron chi connectivity index (χ3n) is 9.52. The number of benzene rings is 3. The van der Waals surface area contributed by atoms with Crippen LogP contribution < -0.4 is 10.8 Å². The van der Waals surface area contributed by atoms with Crippen LogP contribution in [0.15, 0.2) is 51.4 Å². The number of sulfonamides is 2. The van der Waals surface area contributed by atoms with Gasteiger partial charge in [0.15, 0.2) is 0 Å². The van der Waals surface area contributed by atoms with Gasteiger partial charge in [0.1, 0.15) is 11.7 Å². The van der Waals surface area contributed by atoms with E-state index in [1.807, 2.05) is 27.7 Å². The van der Waals surface area contributed by atoms with E-state index < -0.39 is 44.1 Å². The van der Waals surface area contributed by atoms with Crippen molar-refractivity contribution in [2.24, 2.45) is 34.8 Å². The summed E-state index contributed by atoms with van der Waals surface area (Å²) in [6.45, 7) is 12.5. The summed E-state index contributed by atoms with van der Waals surface area (Å²) in [5, 5.41) is 15.8. The van der Waals surface area contributed by atoms with E-state index in [0.717, 1.165) is 12.8 Å². The number of nitrogens with one attached hydrogen (secondary N) is 2. The summed E-state index contributed by atoms with van der Waals surface area (Å²) in [5.74, 6) is -1.14. The molecule has 272 valence electrons. The van der Waals surface area contributed by atoms with E-state index in [1.54, 1.807) is 13.8 Å². The molecular formula is C34H45N5O9S2. The highest BCUT2D eigenvalue weighted by Gasteiger charge is 2.34. The number of aliphatic carboxylic acids is 1. The molecule has 0 aromatic heterocycles. The second-order valence-electron chi connectivity index (χ2n) is 14.5. The molecule has 3 aromatic rings. The molecule has 16 heteroatoms. The lowest BCUT2D eigenvalue weighted by molar-refractivity contribution is -0.140. The van der Waals surface area contributed by atoms with Crippen molar-refractivity contribution in [3.63, 3.8) is 0 Å². The molecule has 2 aliphatic rings. The van der Waals surface area contributed by atoms with Crippen LogP contribution in [0.5, 0.6) is 0 Å². The molecule has 2 saturated heterocycles. The average molecular weight is 732 g/mol. The Labute approximate surface area is 292 Å². The SMILES string of the molecule is CC(C)[C@H](NC(=O)ONc1c2ccc(S(=O)(=O)N3C[C@H](C)C[C@H](C)C3)cc2c(N=O)c2cc(S(=O)(=O)N3C[C@H](C)C[C@H](C)C3)ccc12)C(=O)O. The molecule has 0 radical (unpaired) electrons. The first-order valence-corrected chi connectivity index (χ1v) is 19.6. The van der Waals surface area contributed by atoms with E-state index >= 15 is 0 Å². The van der Waals surface area contributed by atoms with Crippen molar-refractivity contribution in [2.75, 3.05) is 31.7 Å². The Bertz CT molecular complexity index is 1900. The number of carboxylic acid groups (broad SMARTS) is 1. The summed E-state index contributed by atoms with van der Waals surface area (Å²) >= 11 is 0. The smallest absolute Gasteiger partial charge is 0.432 e. The van der Waals surface area contributed by atoms with Gasteiger partial charge in [0.25, 0.3) is 0 Å². The number of nitrogens with zero attached hydrogens (tertiary/aromatic N) is 3. The van der Waals surface area contributed by atoms with Crippen LogP contribution in [0.4, 0.5) is 16.2 Å². The molecule has 2 aliphatic heterocycles. The number of anilines is 1. The third-order valence-corrected chi connectivity index (χ3v) is 13.2. The van der Waals surface area contributed by atoms with Crippen molar-refractivity contribution in [1.82, 2.24) is 13.9 Å². The number of amides is 1. The Kier molecular flexibility index (Phi) is 10.8. The van der Waals surface area contributed by atoms with Gasteiger partial charge in [0.2, 0.25) is 20.0 Å². The zero-order chi connectivity index (χ0) is 36.7. The van der Waals surface area contributed by atoms with E-state index in [-0.39, 0.29) is 66.4 Å². The first-order valence-electron chi connectivity index (χ1n) is 16.8. The van der Waals surface area contributed by atoms with Gasteiger partial charge in [-0.05, 0) is 71.9 Å². The number of hydrogen-bond donors (Lipinski definition) is 3. The quantitative estimate of drug-likeness (QED) is 0.129. The van der Waals surface area contributed by atoms with Crippen LogP contribution in [-0.2, 0) is 29.7 Å². The standard InChI is InChI=1S/C34H45N5O9S2/c1-19(2)30(33(40)41)35-34(42)48-37-32-26-9-7-24(49(44,45)38-15-20(3)11-21(4)16-38)13-28(26)31(36-43)29-14-25(8-10-27(29)32)50(46,47)39-17-22(5)12-23(6)18-39/h7-10,13-14,19-23,30,37H,11-12,15-18H2,1-6H3,(H,35,42)(H,40,41)/t20-,21+,22-,23+,30-/m0/s1. The molecule has 5 atom stereocenters. The summed E-state index contributed by atoms with van der Waals surface area (Å²) in [6.07, 6.45) is 0.676. The molecule has 2 heterocycles. The number of piperidine rings is 2. The zero-order valence-corrected chi connectivity index (χ0v) is 30.7. The molecule has 0 saturated carbocycles. The van der Waals surface area contributed by atoms with Gasteiger partial charge in [0.05, 0.1) is 15.5 Å². The second kappa shape index (κ2) is 14.4. The lowest BCUT2D eigenvalue weighted by Gasteiger charge is -2.34. The normalized spacial score (nSPS) is 23.1. The number of hydrogen-bond acceptors (Lipinski definition) is 10. The van der Waals surface area contributed by atoms with Gasteiger partial charge in [-0.15, -0.1) is 4.91 Å². The summed E-state index contributed by atoms with van der Waals surface area (Å²) in [6, 6.07) is 7.11. The Hall–Kier alpha value is -3.86. The van der Waals surface area contributed by atoms with Crippen molar-refractivity contribution >= 4 is 65.0 Å². The molecule has 0 aliphatic carbocycles. The van der Waals surface area contributed by atoms with Crippen molar-refractivity contribution < 1.29 is 36.4 Å². The Morgan fingerprint density at radius 3 is 1.56 bits per heavy atom. The van der Waals surface area contributed by atoms with Crippen LogP contribution in [-0.4, -0.2) is 74.8 Å². The maximum Gasteiger partial charge on any atom is 0.432 e. The molecule has 50 heavy (non-hydrogen) atoms. The summed E-state index contributed by atoms with van der Waals surface area (Å²) in [7, 11) is -8.01. The van der Waals surface area contributed by atoms with Crippen LogP contribution >= 0.6 is 0 Å². The van der Waals surface area contributed by atoms with Gasteiger partial charge in [-0.1, -0.05) is 53.7 Å². The van der Waals surface area contributed by atoms with Crippen LogP contribution in [0.3, 0.4) is 0 Å². The number of rotatable bonds is 10. The third kappa shape index (κ3) is 7.43. The van der Waals surface area contributed by atoms with Crippen LogP contribution in [0.2, 0.25) is 0 Å². The molecule has 0 bridgehead atoms. The lowest BCUT2D eigenvalue weighted by atomic mass is 9.94. The molecule has 2 fully saturated rings. The largest absolute Gasteiger partial charge is 0.480 e. The van der Waals surface area contributed by atoms with Gasteiger partial charge >= 0.3 is 12.1 Å². The summed E-state index contributed by atoms with van der Waals surface area (Å²) in [5.41, 5.74) is 2.49. The van der Waals surface area contributed by atoms with Gasteiger partial charge < -0.3 is 15.3 Å². The molecule has 0 spiro atoms. The first-order chi connectivity index (χ1) is 23.4. The average Bonchev–Trinajstić information content (AvgIpc) is 3.03. The highest BCUT2D eigenvalue weighted by molar-refractivity contribution is 7.89. The number of carboxylic acids is 1. The number of nitroso groups, excluding NO2 is 1. The number of fused-ring (bicyclic) bond motifs is 2. The van der Waals surface area contributed by atoms with E-state index in [9.17, 15) is 36.4 Å². The molecule has 14 nitrogen and oxygen atoms in total. The maximum absolute atomic E-state index is 13.9. The maximum atomic E-state index is 13.9. The fraction of sp³-hybridized carbons (Fsp3) is 0.529. The minimum atomic E-state index is -4.01.